The summed E-state index contributed by atoms with van der Waals surface area (Å²) in [6.07, 6.45) is 13.8. The van der Waals surface area contributed by atoms with Crippen LogP contribution in [-0.2, 0) is 9.53 Å². The Bertz CT molecular complexity index is 648. The van der Waals surface area contributed by atoms with E-state index in [1.54, 1.807) is 0 Å². The van der Waals surface area contributed by atoms with E-state index < -0.39 is 0 Å². The van der Waals surface area contributed by atoms with Gasteiger partial charge in [0.1, 0.15) is 5.84 Å². The Morgan fingerprint density at radius 2 is 2.31 bits per heavy atom. The SMILES string of the molecule is O=C(CCCCCN=C1NC(=S)N=C2C=CC=CC21)NCC1CCCO1. The average Bonchev–Trinajstić information content (AvgIpc) is 3.16. The van der Waals surface area contributed by atoms with E-state index in [9.17, 15) is 4.79 Å². The summed E-state index contributed by atoms with van der Waals surface area (Å²) in [6.45, 7) is 2.19. The van der Waals surface area contributed by atoms with E-state index in [4.69, 9.17) is 17.0 Å². The Kier molecular flexibility index (Phi) is 7.08. The third-order valence-electron chi connectivity index (χ3n) is 4.66. The van der Waals surface area contributed by atoms with Crippen LogP contribution in [0.2, 0.25) is 0 Å². The van der Waals surface area contributed by atoms with Crippen molar-refractivity contribution >= 4 is 34.8 Å². The van der Waals surface area contributed by atoms with Crippen LogP contribution < -0.4 is 10.6 Å². The predicted octanol–water partition coefficient (Wildman–Crippen LogP) is 2.31. The molecule has 0 radical (unpaired) electrons. The topological polar surface area (TPSA) is 75.1 Å². The van der Waals surface area contributed by atoms with Gasteiger partial charge in [0.2, 0.25) is 5.91 Å². The molecule has 3 rings (SSSR count). The lowest BCUT2D eigenvalue weighted by Crippen LogP contribution is -2.42. The number of aliphatic imine (C=N–C) groups is 2. The van der Waals surface area contributed by atoms with Crippen LogP contribution in [0.3, 0.4) is 0 Å². The summed E-state index contributed by atoms with van der Waals surface area (Å²) in [4.78, 5) is 20.8. The molecule has 1 saturated heterocycles. The standard InChI is InChI=1S/C19H26N4O2S/c24-17(21-13-14-7-6-12-25-14)10-2-1-5-11-20-18-15-8-3-4-9-16(15)22-19(26)23-18/h3-4,8-9,14-15H,1-2,5-7,10-13H2,(H,21,24)(H,20,23,26). The first-order chi connectivity index (χ1) is 12.7. The Morgan fingerprint density at radius 1 is 1.38 bits per heavy atom. The average molecular weight is 375 g/mol. The number of allylic oxidation sites excluding steroid dienone is 3. The highest BCUT2D eigenvalue weighted by Gasteiger charge is 2.24. The van der Waals surface area contributed by atoms with Gasteiger partial charge in [0.05, 0.1) is 17.7 Å². The van der Waals surface area contributed by atoms with Gasteiger partial charge in [0, 0.05) is 26.1 Å². The van der Waals surface area contributed by atoms with Crippen LogP contribution in [0.1, 0.15) is 38.5 Å². The van der Waals surface area contributed by atoms with Crippen molar-refractivity contribution in [3.05, 3.63) is 24.3 Å². The normalized spacial score (nSPS) is 25.8. The second kappa shape index (κ2) is 9.73. The van der Waals surface area contributed by atoms with Crippen molar-refractivity contribution in [2.45, 2.75) is 44.6 Å². The second-order valence-electron chi connectivity index (χ2n) is 6.71. The number of carbonyl (C=O) groups excluding carboxylic acids is 1. The number of nitrogens with one attached hydrogen (secondary N) is 2. The second-order valence-corrected chi connectivity index (χ2v) is 7.09. The molecule has 0 saturated carbocycles. The van der Waals surface area contributed by atoms with E-state index in [0.717, 1.165) is 56.8 Å². The molecule has 140 valence electrons. The summed E-state index contributed by atoms with van der Waals surface area (Å²) >= 11 is 5.17. The van der Waals surface area contributed by atoms with Gasteiger partial charge in [-0.05, 0) is 44.0 Å². The molecule has 6 nitrogen and oxygen atoms in total. The van der Waals surface area contributed by atoms with Crippen LogP contribution in [0, 0.1) is 5.92 Å². The molecule has 2 unspecified atom stereocenters. The van der Waals surface area contributed by atoms with Crippen LogP contribution in [0.5, 0.6) is 0 Å². The number of carbonyl (C=O) groups is 1. The number of rotatable bonds is 8. The lowest BCUT2D eigenvalue weighted by atomic mass is 9.96. The van der Waals surface area contributed by atoms with Gasteiger partial charge in [0.15, 0.2) is 5.11 Å². The van der Waals surface area contributed by atoms with Crippen molar-refractivity contribution in [1.82, 2.24) is 10.6 Å². The summed E-state index contributed by atoms with van der Waals surface area (Å²) < 4.78 is 5.50. The number of ether oxygens (including phenoxy) is 1. The smallest absolute Gasteiger partial charge is 0.220 e. The highest BCUT2D eigenvalue weighted by molar-refractivity contribution is 7.80. The molecule has 1 aliphatic carbocycles. The molecule has 3 aliphatic rings. The van der Waals surface area contributed by atoms with Crippen LogP contribution >= 0.6 is 12.2 Å². The van der Waals surface area contributed by atoms with Gasteiger partial charge in [-0.15, -0.1) is 0 Å². The Morgan fingerprint density at radius 3 is 3.15 bits per heavy atom. The molecular formula is C19H26N4O2S. The third kappa shape index (κ3) is 5.57. The van der Waals surface area contributed by atoms with Crippen LogP contribution in [-0.4, -0.2) is 48.4 Å². The Balaban J connectivity index is 1.31. The Hall–Kier alpha value is -1.86. The molecular weight excluding hydrogens is 348 g/mol. The third-order valence-corrected chi connectivity index (χ3v) is 4.85. The predicted molar refractivity (Wildman–Crippen MR) is 108 cm³/mol. The first-order valence-electron chi connectivity index (χ1n) is 9.39. The van der Waals surface area contributed by atoms with E-state index in [0.29, 0.717) is 18.1 Å². The maximum absolute atomic E-state index is 11.8. The molecule has 26 heavy (non-hydrogen) atoms. The van der Waals surface area contributed by atoms with Gasteiger partial charge < -0.3 is 15.4 Å². The quantitative estimate of drug-likeness (QED) is 0.505. The molecule has 0 aromatic heterocycles. The van der Waals surface area contributed by atoms with Gasteiger partial charge in [-0.2, -0.15) is 0 Å². The summed E-state index contributed by atoms with van der Waals surface area (Å²) in [6, 6.07) is 0. The maximum atomic E-state index is 11.8. The van der Waals surface area contributed by atoms with Crippen molar-refractivity contribution in [3.8, 4) is 0 Å². The van der Waals surface area contributed by atoms with Crippen molar-refractivity contribution in [3.63, 3.8) is 0 Å². The Labute approximate surface area is 159 Å². The minimum Gasteiger partial charge on any atom is -0.376 e. The zero-order valence-electron chi connectivity index (χ0n) is 14.9. The van der Waals surface area contributed by atoms with E-state index >= 15 is 0 Å². The van der Waals surface area contributed by atoms with E-state index in [1.807, 2.05) is 18.2 Å². The van der Waals surface area contributed by atoms with Crippen LogP contribution in [0.25, 0.3) is 0 Å². The van der Waals surface area contributed by atoms with E-state index in [1.165, 1.54) is 0 Å². The van der Waals surface area contributed by atoms with Crippen molar-refractivity contribution in [2.75, 3.05) is 19.7 Å². The monoisotopic (exact) mass is 374 g/mol. The molecule has 2 N–H and O–H groups in total. The number of hydrogen-bond donors (Lipinski definition) is 2. The lowest BCUT2D eigenvalue weighted by molar-refractivity contribution is -0.121. The highest BCUT2D eigenvalue weighted by atomic mass is 32.1. The largest absolute Gasteiger partial charge is 0.376 e. The minimum atomic E-state index is 0.0790. The molecule has 0 aromatic carbocycles. The fourth-order valence-corrected chi connectivity index (χ4v) is 3.45. The first-order valence-corrected chi connectivity index (χ1v) is 9.80. The van der Waals surface area contributed by atoms with Gasteiger partial charge in [-0.25, -0.2) is 4.99 Å². The fourth-order valence-electron chi connectivity index (χ4n) is 3.24. The van der Waals surface area contributed by atoms with Gasteiger partial charge >= 0.3 is 0 Å². The minimum absolute atomic E-state index is 0.0790. The van der Waals surface area contributed by atoms with E-state index in [-0.39, 0.29) is 17.9 Å². The molecule has 2 aliphatic heterocycles. The van der Waals surface area contributed by atoms with Crippen LogP contribution in [0.4, 0.5) is 0 Å². The van der Waals surface area contributed by atoms with Crippen molar-refractivity contribution < 1.29 is 9.53 Å². The molecule has 1 fully saturated rings. The summed E-state index contributed by atoms with van der Waals surface area (Å²) in [5.74, 6) is 1.07. The van der Waals surface area contributed by atoms with Crippen molar-refractivity contribution in [2.24, 2.45) is 15.9 Å². The summed E-state index contributed by atoms with van der Waals surface area (Å²) in [5.41, 5.74) is 0.943. The van der Waals surface area contributed by atoms with Gasteiger partial charge in [-0.3, -0.25) is 9.79 Å². The summed E-state index contributed by atoms with van der Waals surface area (Å²) in [5, 5.41) is 6.53. The number of hydrogen-bond acceptors (Lipinski definition) is 4. The zero-order valence-corrected chi connectivity index (χ0v) is 15.8. The molecule has 1 amide bonds. The molecule has 0 aromatic rings. The van der Waals surface area contributed by atoms with Gasteiger partial charge in [0.25, 0.3) is 0 Å². The summed E-state index contributed by atoms with van der Waals surface area (Å²) in [7, 11) is 0. The number of nitrogens with zero attached hydrogens (tertiary/aromatic N) is 2. The van der Waals surface area contributed by atoms with Crippen LogP contribution in [0.15, 0.2) is 34.3 Å². The molecule has 0 bridgehead atoms. The van der Waals surface area contributed by atoms with Crippen molar-refractivity contribution in [1.29, 1.82) is 0 Å². The number of amidine groups is 1. The maximum Gasteiger partial charge on any atom is 0.220 e. The van der Waals surface area contributed by atoms with E-state index in [2.05, 4.69) is 26.7 Å². The first kappa shape index (κ1) is 18.9. The number of unbranched alkanes of at least 4 members (excludes halogenated alkanes) is 2. The number of fused-ring (bicyclic) bond motifs is 1. The molecule has 7 heteroatoms. The lowest BCUT2D eigenvalue weighted by Gasteiger charge is -2.24. The fraction of sp³-hybridized carbons (Fsp3) is 0.579. The zero-order chi connectivity index (χ0) is 18.2. The van der Waals surface area contributed by atoms with Gasteiger partial charge in [-0.1, -0.05) is 24.6 Å². The molecule has 0 spiro atoms. The number of amides is 1. The number of thiocarbonyl (C=S) groups is 1. The molecule has 2 heterocycles. The molecule has 2 atom stereocenters. The highest BCUT2D eigenvalue weighted by Crippen LogP contribution is 2.15.